The molecule has 0 atom stereocenters. The molecule has 0 aliphatic carbocycles. The summed E-state index contributed by atoms with van der Waals surface area (Å²) in [5.41, 5.74) is 10.3. The van der Waals surface area contributed by atoms with Crippen LogP contribution in [0.2, 0.25) is 0 Å². The molecule has 6 nitrogen and oxygen atoms in total. The summed E-state index contributed by atoms with van der Waals surface area (Å²) in [5, 5.41) is 2.18. The number of sulfone groups is 1. The van der Waals surface area contributed by atoms with Gasteiger partial charge in [0, 0.05) is 0 Å². The average Bonchev–Trinajstić information content (AvgIpc) is 2.64. The number of thiophene rings is 1. The van der Waals surface area contributed by atoms with Crippen LogP contribution in [-0.2, 0) is 9.84 Å². The van der Waals surface area contributed by atoms with Crippen molar-refractivity contribution in [1.82, 2.24) is 0 Å². The lowest BCUT2D eigenvalue weighted by Crippen LogP contribution is -2.14. The summed E-state index contributed by atoms with van der Waals surface area (Å²) in [6.45, 7) is 0.637. The standard InChI is InChI=1S/C9H13F2N3O3S2/c1-2-19(16,17)7-5(12)6(8(13)15)18-9(7)14-3-4(10)11/h4,14H,2-3,12H2,1H3,(H2,13,15). The number of nitrogens with one attached hydrogen (secondary N) is 1. The van der Waals surface area contributed by atoms with Gasteiger partial charge in [0.1, 0.15) is 14.8 Å². The van der Waals surface area contributed by atoms with Gasteiger partial charge in [0.05, 0.1) is 18.0 Å². The van der Waals surface area contributed by atoms with Crippen LogP contribution < -0.4 is 16.8 Å². The summed E-state index contributed by atoms with van der Waals surface area (Å²) in [4.78, 5) is 10.6. The summed E-state index contributed by atoms with van der Waals surface area (Å²) < 4.78 is 48.1. The number of carbonyl (C=O) groups is 1. The SMILES string of the molecule is CCS(=O)(=O)c1c(NCC(F)F)sc(C(N)=O)c1N. The molecule has 1 aromatic heterocycles. The largest absolute Gasteiger partial charge is 0.396 e. The van der Waals surface area contributed by atoms with E-state index in [2.05, 4.69) is 5.32 Å². The van der Waals surface area contributed by atoms with Gasteiger partial charge in [-0.15, -0.1) is 11.3 Å². The van der Waals surface area contributed by atoms with Crippen molar-refractivity contribution >= 4 is 37.8 Å². The van der Waals surface area contributed by atoms with Gasteiger partial charge in [-0.3, -0.25) is 4.79 Å². The van der Waals surface area contributed by atoms with Crippen molar-refractivity contribution in [1.29, 1.82) is 0 Å². The van der Waals surface area contributed by atoms with Crippen LogP contribution in [0.5, 0.6) is 0 Å². The minimum Gasteiger partial charge on any atom is -0.396 e. The molecule has 0 saturated heterocycles. The second kappa shape index (κ2) is 5.70. The third-order valence-corrected chi connectivity index (χ3v) is 5.34. The molecule has 5 N–H and O–H groups in total. The monoisotopic (exact) mass is 313 g/mol. The van der Waals surface area contributed by atoms with Gasteiger partial charge in [0.25, 0.3) is 12.3 Å². The Hall–Kier alpha value is -1.42. The van der Waals surface area contributed by atoms with Crippen molar-refractivity contribution in [2.75, 3.05) is 23.3 Å². The number of anilines is 2. The second-order valence-electron chi connectivity index (χ2n) is 3.54. The Labute approximate surface area is 112 Å². The van der Waals surface area contributed by atoms with E-state index >= 15 is 0 Å². The van der Waals surface area contributed by atoms with Crippen molar-refractivity contribution in [3.8, 4) is 0 Å². The van der Waals surface area contributed by atoms with Crippen LogP contribution >= 0.6 is 11.3 Å². The summed E-state index contributed by atoms with van der Waals surface area (Å²) in [6, 6.07) is 0. The number of alkyl halides is 2. The van der Waals surface area contributed by atoms with E-state index in [1.807, 2.05) is 0 Å². The highest BCUT2D eigenvalue weighted by molar-refractivity contribution is 7.91. The molecular weight excluding hydrogens is 300 g/mol. The van der Waals surface area contributed by atoms with Gasteiger partial charge < -0.3 is 16.8 Å². The van der Waals surface area contributed by atoms with E-state index in [1.165, 1.54) is 6.92 Å². The predicted molar refractivity (Wildman–Crippen MR) is 69.5 cm³/mol. The Bertz CT molecular complexity index is 584. The number of amides is 1. The maximum absolute atomic E-state index is 12.2. The fourth-order valence-corrected chi connectivity index (χ4v) is 3.88. The molecule has 0 unspecified atom stereocenters. The molecule has 0 aromatic carbocycles. The van der Waals surface area contributed by atoms with Crippen LogP contribution in [0.25, 0.3) is 0 Å². The van der Waals surface area contributed by atoms with E-state index < -0.39 is 28.7 Å². The normalized spacial score (nSPS) is 11.8. The van der Waals surface area contributed by atoms with E-state index in [1.54, 1.807) is 0 Å². The number of primary amides is 1. The molecular formula is C9H13F2N3O3S2. The Balaban J connectivity index is 3.36. The summed E-state index contributed by atoms with van der Waals surface area (Å²) >= 11 is 0.655. The highest BCUT2D eigenvalue weighted by atomic mass is 32.2. The maximum atomic E-state index is 12.2. The number of rotatable bonds is 6. The van der Waals surface area contributed by atoms with Gasteiger partial charge in [0.15, 0.2) is 9.84 Å². The van der Waals surface area contributed by atoms with Crippen LogP contribution in [-0.4, -0.2) is 33.0 Å². The minimum atomic E-state index is -3.75. The molecule has 1 amide bonds. The third-order valence-electron chi connectivity index (χ3n) is 2.23. The van der Waals surface area contributed by atoms with E-state index in [4.69, 9.17) is 11.5 Å². The van der Waals surface area contributed by atoms with Gasteiger partial charge in [-0.05, 0) is 0 Å². The van der Waals surface area contributed by atoms with Gasteiger partial charge in [-0.25, -0.2) is 17.2 Å². The molecule has 10 heteroatoms. The predicted octanol–water partition coefficient (Wildman–Crippen LogP) is 0.900. The van der Waals surface area contributed by atoms with Crippen LogP contribution in [0.15, 0.2) is 4.90 Å². The molecule has 0 aliphatic rings. The molecule has 0 fully saturated rings. The summed E-state index contributed by atoms with van der Waals surface area (Å²) in [7, 11) is -3.75. The third kappa shape index (κ3) is 3.32. The molecule has 1 heterocycles. The van der Waals surface area contributed by atoms with Crippen LogP contribution in [0.4, 0.5) is 19.5 Å². The minimum absolute atomic E-state index is 0.0894. The molecule has 0 radical (unpaired) electrons. The number of hydrogen-bond donors (Lipinski definition) is 3. The summed E-state index contributed by atoms with van der Waals surface area (Å²) in [6.07, 6.45) is -2.67. The maximum Gasteiger partial charge on any atom is 0.261 e. The van der Waals surface area contributed by atoms with Crippen molar-refractivity contribution in [3.05, 3.63) is 4.88 Å². The highest BCUT2D eigenvalue weighted by Crippen LogP contribution is 2.39. The lowest BCUT2D eigenvalue weighted by Gasteiger charge is -2.07. The Morgan fingerprint density at radius 2 is 2.05 bits per heavy atom. The average molecular weight is 313 g/mol. The highest BCUT2D eigenvalue weighted by Gasteiger charge is 2.28. The molecule has 0 spiro atoms. The first kappa shape index (κ1) is 15.6. The smallest absolute Gasteiger partial charge is 0.261 e. The molecule has 19 heavy (non-hydrogen) atoms. The first-order valence-electron chi connectivity index (χ1n) is 5.17. The van der Waals surface area contributed by atoms with Crippen LogP contribution in [0, 0.1) is 0 Å². The van der Waals surface area contributed by atoms with Crippen molar-refractivity contribution in [2.45, 2.75) is 18.2 Å². The lowest BCUT2D eigenvalue weighted by atomic mass is 10.4. The van der Waals surface area contributed by atoms with Crippen LogP contribution in [0.1, 0.15) is 16.6 Å². The second-order valence-corrected chi connectivity index (χ2v) is 6.78. The molecule has 0 saturated carbocycles. The lowest BCUT2D eigenvalue weighted by molar-refractivity contribution is 0.100. The molecule has 0 bridgehead atoms. The quantitative estimate of drug-likeness (QED) is 0.721. The zero-order chi connectivity index (χ0) is 14.8. The molecule has 108 valence electrons. The fraction of sp³-hybridized carbons (Fsp3) is 0.444. The Morgan fingerprint density at radius 3 is 2.47 bits per heavy atom. The first-order valence-corrected chi connectivity index (χ1v) is 7.64. The van der Waals surface area contributed by atoms with E-state index in [9.17, 15) is 22.0 Å². The van der Waals surface area contributed by atoms with E-state index in [0.717, 1.165) is 0 Å². The number of nitrogen functional groups attached to an aromatic ring is 1. The zero-order valence-electron chi connectivity index (χ0n) is 9.94. The topological polar surface area (TPSA) is 115 Å². The number of hydrogen-bond acceptors (Lipinski definition) is 6. The van der Waals surface area contributed by atoms with E-state index in [-0.39, 0.29) is 26.2 Å². The van der Waals surface area contributed by atoms with Crippen molar-refractivity contribution < 1.29 is 22.0 Å². The van der Waals surface area contributed by atoms with Crippen LogP contribution in [0.3, 0.4) is 0 Å². The van der Waals surface area contributed by atoms with Gasteiger partial charge in [0.2, 0.25) is 0 Å². The molecule has 1 rings (SSSR count). The van der Waals surface area contributed by atoms with E-state index in [0.29, 0.717) is 11.3 Å². The van der Waals surface area contributed by atoms with Crippen molar-refractivity contribution in [2.24, 2.45) is 5.73 Å². The zero-order valence-corrected chi connectivity index (χ0v) is 11.6. The fourth-order valence-electron chi connectivity index (χ4n) is 1.35. The number of nitrogens with two attached hydrogens (primary N) is 2. The van der Waals surface area contributed by atoms with Gasteiger partial charge in [-0.2, -0.15) is 0 Å². The van der Waals surface area contributed by atoms with Gasteiger partial charge in [-0.1, -0.05) is 6.92 Å². The molecule has 0 aliphatic heterocycles. The van der Waals surface area contributed by atoms with Crippen molar-refractivity contribution in [3.63, 3.8) is 0 Å². The first-order chi connectivity index (χ1) is 8.70. The Morgan fingerprint density at radius 1 is 1.47 bits per heavy atom. The number of halogens is 2. The summed E-state index contributed by atoms with van der Waals surface area (Å²) in [5.74, 6) is -1.17. The Kier molecular flexibility index (Phi) is 4.69. The molecule has 1 aromatic rings. The number of carbonyl (C=O) groups excluding carboxylic acids is 1. The van der Waals surface area contributed by atoms with Gasteiger partial charge >= 0.3 is 0 Å².